The first-order valence-corrected chi connectivity index (χ1v) is 11.7. The Morgan fingerprint density at radius 1 is 0.939 bits per heavy atom. The molecule has 3 aromatic carbocycles. The molecule has 1 saturated heterocycles. The molecule has 0 radical (unpaired) electrons. The van der Waals surface area contributed by atoms with Crippen molar-refractivity contribution in [3.8, 4) is 0 Å². The zero-order valence-corrected chi connectivity index (χ0v) is 19.4. The third-order valence-electron chi connectivity index (χ3n) is 6.01. The van der Waals surface area contributed by atoms with Gasteiger partial charge in [-0.2, -0.15) is 0 Å². The molecule has 0 bridgehead atoms. The highest BCUT2D eigenvalue weighted by Crippen LogP contribution is 2.29. The molecule has 0 saturated carbocycles. The van der Waals surface area contributed by atoms with E-state index >= 15 is 0 Å². The number of hydrogen-bond acceptors (Lipinski definition) is 3. The number of rotatable bonds is 6. The Morgan fingerprint density at radius 2 is 1.70 bits per heavy atom. The van der Waals surface area contributed by atoms with Crippen LogP contribution in [-0.2, 0) is 6.54 Å². The summed E-state index contributed by atoms with van der Waals surface area (Å²) in [6.45, 7) is 4.53. The second-order valence-electron chi connectivity index (χ2n) is 8.53. The number of benzene rings is 3. The number of piperidine rings is 1. The minimum atomic E-state index is -0.271. The molecule has 4 rings (SSSR count). The van der Waals surface area contributed by atoms with Gasteiger partial charge >= 0.3 is 0 Å². The molecule has 170 valence electrons. The number of halogens is 1. The van der Waals surface area contributed by atoms with Gasteiger partial charge in [0.05, 0.1) is 5.56 Å². The van der Waals surface area contributed by atoms with Gasteiger partial charge in [-0.25, -0.2) is 0 Å². The molecule has 1 fully saturated rings. The van der Waals surface area contributed by atoms with Crippen LogP contribution in [0.4, 0.5) is 11.4 Å². The summed E-state index contributed by atoms with van der Waals surface area (Å²) in [7, 11) is 0. The van der Waals surface area contributed by atoms with Crippen LogP contribution in [-0.4, -0.2) is 24.9 Å². The van der Waals surface area contributed by atoms with Crippen LogP contribution in [0.5, 0.6) is 0 Å². The summed E-state index contributed by atoms with van der Waals surface area (Å²) in [6.07, 6.45) is 2.19. The van der Waals surface area contributed by atoms with Gasteiger partial charge in [0, 0.05) is 41.6 Å². The maximum Gasteiger partial charge on any atom is 0.255 e. The molecule has 0 unspecified atom stereocenters. The van der Waals surface area contributed by atoms with Gasteiger partial charge < -0.3 is 15.5 Å². The van der Waals surface area contributed by atoms with E-state index in [0.717, 1.165) is 37.2 Å². The highest BCUT2D eigenvalue weighted by molar-refractivity contribution is 6.31. The zero-order valence-electron chi connectivity index (χ0n) is 18.7. The lowest BCUT2D eigenvalue weighted by atomic mass is 9.97. The number of nitrogens with zero attached hydrogens (tertiary/aromatic N) is 1. The van der Waals surface area contributed by atoms with Crippen molar-refractivity contribution in [2.45, 2.75) is 26.3 Å². The Morgan fingerprint density at radius 3 is 2.42 bits per heavy atom. The van der Waals surface area contributed by atoms with Crippen LogP contribution in [0.25, 0.3) is 0 Å². The molecule has 1 heterocycles. The van der Waals surface area contributed by atoms with Gasteiger partial charge in [0.1, 0.15) is 0 Å². The summed E-state index contributed by atoms with van der Waals surface area (Å²) in [5, 5.41) is 6.42. The Balaban J connectivity index is 1.57. The van der Waals surface area contributed by atoms with Crippen LogP contribution in [0.3, 0.4) is 0 Å². The standard InChI is InChI=1S/C27H28ClN3O2/c1-19-12-14-31(15-13-19)25-11-10-23(30-26(32)21-8-5-9-22(28)16-21)17-24(25)27(33)29-18-20-6-3-2-4-7-20/h2-11,16-17,19H,12-15,18H2,1H3,(H,29,33)(H,30,32). The van der Waals surface area contributed by atoms with E-state index in [1.165, 1.54) is 0 Å². The van der Waals surface area contributed by atoms with E-state index in [1.54, 1.807) is 30.3 Å². The average molecular weight is 462 g/mol. The first-order chi connectivity index (χ1) is 16.0. The predicted molar refractivity (Wildman–Crippen MR) is 134 cm³/mol. The molecular formula is C27H28ClN3O2. The Hall–Kier alpha value is -3.31. The Kier molecular flexibility index (Phi) is 7.30. The van der Waals surface area contributed by atoms with Gasteiger partial charge in [-0.15, -0.1) is 0 Å². The zero-order chi connectivity index (χ0) is 23.2. The Bertz CT molecular complexity index is 1130. The van der Waals surface area contributed by atoms with Crippen LogP contribution in [0.2, 0.25) is 5.02 Å². The number of nitrogens with one attached hydrogen (secondary N) is 2. The topological polar surface area (TPSA) is 61.4 Å². The van der Waals surface area contributed by atoms with E-state index in [-0.39, 0.29) is 11.8 Å². The van der Waals surface area contributed by atoms with Gasteiger partial charge in [0.2, 0.25) is 0 Å². The number of anilines is 2. The second kappa shape index (κ2) is 10.5. The number of carbonyl (C=O) groups is 2. The quantitative estimate of drug-likeness (QED) is 0.490. The summed E-state index contributed by atoms with van der Waals surface area (Å²) in [4.78, 5) is 28.2. The summed E-state index contributed by atoms with van der Waals surface area (Å²) in [6, 6.07) is 22.1. The highest BCUT2D eigenvalue weighted by atomic mass is 35.5. The lowest BCUT2D eigenvalue weighted by Crippen LogP contribution is -2.35. The van der Waals surface area contributed by atoms with Crippen molar-refractivity contribution < 1.29 is 9.59 Å². The molecule has 33 heavy (non-hydrogen) atoms. The van der Waals surface area contributed by atoms with Crippen LogP contribution in [0, 0.1) is 5.92 Å². The third kappa shape index (κ3) is 5.93. The highest BCUT2D eigenvalue weighted by Gasteiger charge is 2.22. The lowest BCUT2D eigenvalue weighted by molar-refractivity contribution is 0.0950. The maximum absolute atomic E-state index is 13.2. The monoisotopic (exact) mass is 461 g/mol. The smallest absolute Gasteiger partial charge is 0.255 e. The molecule has 3 aromatic rings. The van der Waals surface area contributed by atoms with E-state index in [0.29, 0.717) is 34.3 Å². The molecule has 2 amide bonds. The normalized spacial score (nSPS) is 14.1. The van der Waals surface area contributed by atoms with Gasteiger partial charge in [-0.3, -0.25) is 9.59 Å². The molecule has 2 N–H and O–H groups in total. The molecule has 5 nitrogen and oxygen atoms in total. The van der Waals surface area contributed by atoms with Crippen LogP contribution in [0.1, 0.15) is 46.0 Å². The first kappa shape index (κ1) is 22.9. The number of hydrogen-bond donors (Lipinski definition) is 2. The van der Waals surface area contributed by atoms with Gasteiger partial charge in [0.25, 0.3) is 11.8 Å². The van der Waals surface area contributed by atoms with Crippen molar-refractivity contribution in [2.24, 2.45) is 5.92 Å². The second-order valence-corrected chi connectivity index (χ2v) is 8.97. The number of carbonyl (C=O) groups excluding carboxylic acids is 2. The Labute approximate surface area is 199 Å². The molecule has 0 spiro atoms. The summed E-state index contributed by atoms with van der Waals surface area (Å²) in [5.74, 6) is 0.256. The van der Waals surface area contributed by atoms with Crippen LogP contribution >= 0.6 is 11.6 Å². The van der Waals surface area contributed by atoms with E-state index in [1.807, 2.05) is 42.5 Å². The van der Waals surface area contributed by atoms with Crippen molar-refractivity contribution in [1.82, 2.24) is 5.32 Å². The molecule has 1 aliphatic rings. The molecular weight excluding hydrogens is 434 g/mol. The minimum Gasteiger partial charge on any atom is -0.371 e. The van der Waals surface area contributed by atoms with Crippen molar-refractivity contribution in [3.05, 3.63) is 94.5 Å². The van der Waals surface area contributed by atoms with Gasteiger partial charge in [-0.05, 0) is 60.7 Å². The van der Waals surface area contributed by atoms with Crippen LogP contribution < -0.4 is 15.5 Å². The van der Waals surface area contributed by atoms with Crippen LogP contribution in [0.15, 0.2) is 72.8 Å². The summed E-state index contributed by atoms with van der Waals surface area (Å²) in [5.41, 5.74) is 3.52. The first-order valence-electron chi connectivity index (χ1n) is 11.3. The fourth-order valence-corrected chi connectivity index (χ4v) is 4.22. The average Bonchev–Trinajstić information content (AvgIpc) is 2.84. The SMILES string of the molecule is CC1CCN(c2ccc(NC(=O)c3cccc(Cl)c3)cc2C(=O)NCc2ccccc2)CC1. The molecule has 1 aliphatic heterocycles. The minimum absolute atomic E-state index is 0.161. The summed E-state index contributed by atoms with van der Waals surface area (Å²) >= 11 is 6.02. The largest absolute Gasteiger partial charge is 0.371 e. The van der Waals surface area contributed by atoms with Crippen molar-refractivity contribution >= 4 is 34.8 Å². The number of amides is 2. The fraction of sp³-hybridized carbons (Fsp3) is 0.259. The predicted octanol–water partition coefficient (Wildman–Crippen LogP) is 5.76. The molecule has 0 atom stereocenters. The van der Waals surface area contributed by atoms with Crippen molar-refractivity contribution in [1.29, 1.82) is 0 Å². The van der Waals surface area contributed by atoms with Gasteiger partial charge in [0.15, 0.2) is 0 Å². The summed E-state index contributed by atoms with van der Waals surface area (Å²) < 4.78 is 0. The van der Waals surface area contributed by atoms with Crippen molar-refractivity contribution in [2.75, 3.05) is 23.3 Å². The third-order valence-corrected chi connectivity index (χ3v) is 6.24. The van der Waals surface area contributed by atoms with E-state index < -0.39 is 0 Å². The lowest BCUT2D eigenvalue weighted by Gasteiger charge is -2.33. The maximum atomic E-state index is 13.2. The van der Waals surface area contributed by atoms with Gasteiger partial charge in [-0.1, -0.05) is 54.9 Å². The van der Waals surface area contributed by atoms with E-state index in [2.05, 4.69) is 22.5 Å². The fourth-order valence-electron chi connectivity index (χ4n) is 4.03. The van der Waals surface area contributed by atoms with E-state index in [4.69, 9.17) is 11.6 Å². The van der Waals surface area contributed by atoms with Crippen molar-refractivity contribution in [3.63, 3.8) is 0 Å². The molecule has 0 aliphatic carbocycles. The molecule has 0 aromatic heterocycles. The molecule has 6 heteroatoms. The van der Waals surface area contributed by atoms with E-state index in [9.17, 15) is 9.59 Å².